The molecular formula is C24H23N3O2S. The molecule has 0 saturated heterocycles. The Hall–Kier alpha value is -3.43. The third-order valence-corrected chi connectivity index (χ3v) is 5.33. The highest BCUT2D eigenvalue weighted by Crippen LogP contribution is 2.26. The second kappa shape index (κ2) is 10.4. The van der Waals surface area contributed by atoms with Gasteiger partial charge in [-0.25, -0.2) is 9.78 Å². The lowest BCUT2D eigenvalue weighted by Gasteiger charge is -2.05. The standard InChI is InChI=1S/C24H23N3O2S/c1-3-13-29-24(28)19-9-11-21(12-10-19)26-15-20(14-25)23-27-22(16-30-23)18-7-5-17(4-2)6-8-18/h5-12,15-16,26H,3-4,13H2,1-2H3. The summed E-state index contributed by atoms with van der Waals surface area (Å²) in [5, 5.41) is 15.3. The molecule has 0 radical (unpaired) electrons. The molecule has 6 heteroatoms. The zero-order valence-electron chi connectivity index (χ0n) is 17.0. The Morgan fingerprint density at radius 2 is 1.90 bits per heavy atom. The molecule has 0 aliphatic heterocycles. The summed E-state index contributed by atoms with van der Waals surface area (Å²) in [5.74, 6) is -0.334. The molecule has 0 spiro atoms. The van der Waals surface area contributed by atoms with E-state index >= 15 is 0 Å². The van der Waals surface area contributed by atoms with Gasteiger partial charge < -0.3 is 10.1 Å². The Bertz CT molecular complexity index is 1060. The Kier molecular flexibility index (Phi) is 7.36. The average molecular weight is 418 g/mol. The van der Waals surface area contributed by atoms with Crippen molar-refractivity contribution in [2.45, 2.75) is 26.7 Å². The molecule has 0 saturated carbocycles. The minimum Gasteiger partial charge on any atom is -0.462 e. The molecule has 0 fully saturated rings. The van der Waals surface area contributed by atoms with Gasteiger partial charge in [-0.1, -0.05) is 38.1 Å². The van der Waals surface area contributed by atoms with Gasteiger partial charge in [0.2, 0.25) is 0 Å². The first-order chi connectivity index (χ1) is 14.6. The number of benzene rings is 2. The molecule has 0 aliphatic rings. The fourth-order valence-electron chi connectivity index (χ4n) is 2.72. The van der Waals surface area contributed by atoms with Gasteiger partial charge in [-0.2, -0.15) is 5.26 Å². The molecule has 5 nitrogen and oxygen atoms in total. The molecule has 1 heterocycles. The second-order valence-corrected chi connectivity index (χ2v) is 7.47. The molecule has 0 bridgehead atoms. The number of ether oxygens (including phenoxy) is 1. The van der Waals surface area contributed by atoms with Crippen LogP contribution in [0.2, 0.25) is 0 Å². The lowest BCUT2D eigenvalue weighted by Crippen LogP contribution is -2.05. The fraction of sp³-hybridized carbons (Fsp3) is 0.208. The third-order valence-electron chi connectivity index (χ3n) is 4.45. The number of anilines is 1. The number of esters is 1. The molecule has 2 aromatic carbocycles. The van der Waals surface area contributed by atoms with Crippen LogP contribution in [-0.4, -0.2) is 17.6 Å². The highest BCUT2D eigenvalue weighted by atomic mass is 32.1. The van der Waals surface area contributed by atoms with E-state index in [0.717, 1.165) is 29.8 Å². The average Bonchev–Trinajstić information content (AvgIpc) is 3.28. The van der Waals surface area contributed by atoms with Crippen LogP contribution in [0, 0.1) is 11.3 Å². The summed E-state index contributed by atoms with van der Waals surface area (Å²) in [4.78, 5) is 16.5. The zero-order chi connectivity index (χ0) is 21.3. The maximum atomic E-state index is 11.9. The largest absolute Gasteiger partial charge is 0.462 e. The van der Waals surface area contributed by atoms with E-state index in [4.69, 9.17) is 4.74 Å². The van der Waals surface area contributed by atoms with Crippen molar-refractivity contribution in [2.24, 2.45) is 0 Å². The van der Waals surface area contributed by atoms with Crippen LogP contribution in [0.5, 0.6) is 0 Å². The highest BCUT2D eigenvalue weighted by Gasteiger charge is 2.10. The van der Waals surface area contributed by atoms with Crippen LogP contribution in [0.25, 0.3) is 16.8 Å². The van der Waals surface area contributed by atoms with Crippen LogP contribution in [0.15, 0.2) is 60.1 Å². The van der Waals surface area contributed by atoms with E-state index in [1.807, 2.05) is 12.3 Å². The van der Waals surface area contributed by atoms with Crippen LogP contribution in [-0.2, 0) is 11.2 Å². The van der Waals surface area contributed by atoms with Crippen molar-refractivity contribution >= 4 is 28.6 Å². The predicted octanol–water partition coefficient (Wildman–Crippen LogP) is 5.92. The van der Waals surface area contributed by atoms with Gasteiger partial charge in [-0.15, -0.1) is 11.3 Å². The fourth-order valence-corrected chi connectivity index (χ4v) is 3.51. The van der Waals surface area contributed by atoms with Crippen molar-refractivity contribution in [3.8, 4) is 17.3 Å². The van der Waals surface area contributed by atoms with E-state index < -0.39 is 0 Å². The molecule has 0 unspecified atom stereocenters. The number of hydrogen-bond acceptors (Lipinski definition) is 6. The molecule has 0 amide bonds. The van der Waals surface area contributed by atoms with E-state index in [0.29, 0.717) is 22.8 Å². The number of aromatic nitrogens is 1. The maximum absolute atomic E-state index is 11.9. The van der Waals surface area contributed by atoms with Crippen molar-refractivity contribution in [1.82, 2.24) is 4.98 Å². The van der Waals surface area contributed by atoms with Crippen LogP contribution >= 0.6 is 11.3 Å². The molecule has 0 aliphatic carbocycles. The zero-order valence-corrected chi connectivity index (χ0v) is 17.8. The van der Waals surface area contributed by atoms with Crippen LogP contribution in [0.1, 0.15) is 41.2 Å². The lowest BCUT2D eigenvalue weighted by molar-refractivity contribution is 0.0505. The van der Waals surface area contributed by atoms with Gasteiger partial charge in [0.25, 0.3) is 0 Å². The second-order valence-electron chi connectivity index (χ2n) is 6.62. The first kappa shape index (κ1) is 21.3. The number of nitrogens with one attached hydrogen (secondary N) is 1. The first-order valence-electron chi connectivity index (χ1n) is 9.83. The summed E-state index contributed by atoms with van der Waals surface area (Å²) in [6.07, 6.45) is 3.42. The summed E-state index contributed by atoms with van der Waals surface area (Å²) < 4.78 is 5.12. The minimum atomic E-state index is -0.334. The van der Waals surface area contributed by atoms with E-state index in [1.165, 1.54) is 16.9 Å². The molecule has 30 heavy (non-hydrogen) atoms. The maximum Gasteiger partial charge on any atom is 0.338 e. The van der Waals surface area contributed by atoms with Crippen LogP contribution in [0.3, 0.4) is 0 Å². The first-order valence-corrected chi connectivity index (χ1v) is 10.7. The molecular weight excluding hydrogens is 394 g/mol. The van der Waals surface area contributed by atoms with Gasteiger partial charge in [0.15, 0.2) is 0 Å². The quantitative estimate of drug-likeness (QED) is 0.364. The smallest absolute Gasteiger partial charge is 0.338 e. The van der Waals surface area contributed by atoms with Gasteiger partial charge >= 0.3 is 5.97 Å². The Balaban J connectivity index is 1.69. The normalized spacial score (nSPS) is 11.0. The summed E-state index contributed by atoms with van der Waals surface area (Å²) >= 11 is 1.43. The Labute approximate surface area is 180 Å². The van der Waals surface area contributed by atoms with Gasteiger partial charge in [0.1, 0.15) is 16.6 Å². The Morgan fingerprint density at radius 3 is 2.53 bits per heavy atom. The minimum absolute atomic E-state index is 0.334. The number of carbonyl (C=O) groups excluding carboxylic acids is 1. The number of nitrogens with zero attached hydrogens (tertiary/aromatic N) is 2. The topological polar surface area (TPSA) is 75.0 Å². The molecule has 1 aromatic heterocycles. The number of rotatable bonds is 8. The lowest BCUT2D eigenvalue weighted by atomic mass is 10.1. The van der Waals surface area contributed by atoms with Crippen molar-refractivity contribution in [3.63, 3.8) is 0 Å². The van der Waals surface area contributed by atoms with Gasteiger partial charge in [0, 0.05) is 22.8 Å². The van der Waals surface area contributed by atoms with Crippen molar-refractivity contribution in [1.29, 1.82) is 5.26 Å². The van der Waals surface area contributed by atoms with Crippen molar-refractivity contribution in [3.05, 3.63) is 76.2 Å². The SMILES string of the molecule is CCCOC(=O)c1ccc(NC=C(C#N)c2nc(-c3ccc(CC)cc3)cs2)cc1. The van der Waals surface area contributed by atoms with E-state index in [1.54, 1.807) is 30.5 Å². The molecule has 0 atom stereocenters. The molecule has 3 rings (SSSR count). The van der Waals surface area contributed by atoms with Gasteiger partial charge in [-0.05, 0) is 42.7 Å². The third kappa shape index (κ3) is 5.34. The van der Waals surface area contributed by atoms with Crippen molar-refractivity contribution < 1.29 is 9.53 Å². The molecule has 1 N–H and O–H groups in total. The summed E-state index contributed by atoms with van der Waals surface area (Å²) in [6.45, 7) is 4.48. The molecule has 3 aromatic rings. The Morgan fingerprint density at radius 1 is 1.17 bits per heavy atom. The number of nitriles is 1. The number of thiazole rings is 1. The predicted molar refractivity (Wildman–Crippen MR) is 121 cm³/mol. The monoisotopic (exact) mass is 417 g/mol. The van der Waals surface area contributed by atoms with Crippen LogP contribution in [0.4, 0.5) is 5.69 Å². The van der Waals surface area contributed by atoms with Crippen LogP contribution < -0.4 is 5.32 Å². The number of aryl methyl sites for hydroxylation is 1. The van der Waals surface area contributed by atoms with Crippen molar-refractivity contribution in [2.75, 3.05) is 11.9 Å². The molecule has 152 valence electrons. The van der Waals surface area contributed by atoms with Gasteiger partial charge in [0.05, 0.1) is 17.9 Å². The van der Waals surface area contributed by atoms with Gasteiger partial charge in [-0.3, -0.25) is 0 Å². The highest BCUT2D eigenvalue weighted by molar-refractivity contribution is 7.11. The summed E-state index contributed by atoms with van der Waals surface area (Å²) in [6, 6.07) is 17.4. The summed E-state index contributed by atoms with van der Waals surface area (Å²) in [5.41, 5.74) is 4.88. The van der Waals surface area contributed by atoms with E-state index in [2.05, 4.69) is 47.6 Å². The van der Waals surface area contributed by atoms with E-state index in [-0.39, 0.29) is 5.97 Å². The summed E-state index contributed by atoms with van der Waals surface area (Å²) in [7, 11) is 0. The van der Waals surface area contributed by atoms with E-state index in [9.17, 15) is 10.1 Å². The number of carbonyl (C=O) groups is 1. The number of allylic oxidation sites excluding steroid dienone is 1. The number of hydrogen-bond donors (Lipinski definition) is 1.